The largest absolute Gasteiger partial charge is 0.0842 e. The maximum Gasteiger partial charge on any atom is 0.0130 e. The van der Waals surface area contributed by atoms with Crippen molar-refractivity contribution in [2.75, 3.05) is 0 Å². The molecule has 4 atom stereocenters. The Morgan fingerprint density at radius 2 is 1.59 bits per heavy atom. The van der Waals surface area contributed by atoms with Gasteiger partial charge in [0.2, 0.25) is 0 Å². The van der Waals surface area contributed by atoms with E-state index in [9.17, 15) is 0 Å². The molecular formula is C27H30. The van der Waals surface area contributed by atoms with Crippen molar-refractivity contribution in [2.24, 2.45) is 23.7 Å². The lowest BCUT2D eigenvalue weighted by Gasteiger charge is -2.41. The molecule has 0 saturated carbocycles. The summed E-state index contributed by atoms with van der Waals surface area (Å²) in [6.07, 6.45) is 26.8. The van der Waals surface area contributed by atoms with Crippen LogP contribution in [0.5, 0.6) is 0 Å². The van der Waals surface area contributed by atoms with Crippen LogP contribution < -0.4 is 0 Å². The summed E-state index contributed by atoms with van der Waals surface area (Å²) >= 11 is 0. The number of allylic oxidation sites excluding steroid dienone is 16. The molecule has 0 bridgehead atoms. The quantitative estimate of drug-likeness (QED) is 0.468. The topological polar surface area (TPSA) is 0 Å². The zero-order valence-corrected chi connectivity index (χ0v) is 16.8. The van der Waals surface area contributed by atoms with Gasteiger partial charge in [-0.05, 0) is 74.7 Å². The maximum absolute atomic E-state index is 2.64. The van der Waals surface area contributed by atoms with E-state index >= 15 is 0 Å². The lowest BCUT2D eigenvalue weighted by molar-refractivity contribution is 0.443. The molecule has 0 fully saturated rings. The van der Waals surface area contributed by atoms with Gasteiger partial charge < -0.3 is 0 Å². The first kappa shape index (κ1) is 17.0. The first-order valence-electron chi connectivity index (χ1n) is 10.7. The van der Waals surface area contributed by atoms with Gasteiger partial charge in [0.15, 0.2) is 0 Å². The highest BCUT2D eigenvalue weighted by molar-refractivity contribution is 5.54. The molecule has 0 aromatic heterocycles. The molecule has 0 heteroatoms. The fourth-order valence-electron chi connectivity index (χ4n) is 6.11. The second kappa shape index (κ2) is 6.51. The average Bonchev–Trinajstić information content (AvgIpc) is 2.67. The molecule has 0 N–H and O–H groups in total. The Kier molecular flexibility index (Phi) is 4.11. The van der Waals surface area contributed by atoms with Crippen molar-refractivity contribution in [3.05, 3.63) is 93.7 Å². The number of hydrogen-bond donors (Lipinski definition) is 0. The van der Waals surface area contributed by atoms with Crippen LogP contribution in [0.4, 0.5) is 0 Å². The van der Waals surface area contributed by atoms with Gasteiger partial charge in [0.1, 0.15) is 0 Å². The molecule has 0 saturated heterocycles. The molecule has 0 amide bonds. The van der Waals surface area contributed by atoms with Gasteiger partial charge in [-0.15, -0.1) is 0 Å². The van der Waals surface area contributed by atoms with Gasteiger partial charge in [-0.25, -0.2) is 0 Å². The summed E-state index contributed by atoms with van der Waals surface area (Å²) in [6, 6.07) is 0. The smallest absolute Gasteiger partial charge is 0.0130 e. The third kappa shape index (κ3) is 2.73. The Hall–Kier alpha value is -2.08. The van der Waals surface area contributed by atoms with E-state index in [1.165, 1.54) is 36.8 Å². The minimum absolute atomic E-state index is 0.530. The Morgan fingerprint density at radius 3 is 2.48 bits per heavy atom. The van der Waals surface area contributed by atoms with Gasteiger partial charge in [-0.3, -0.25) is 0 Å². The third-order valence-corrected chi connectivity index (χ3v) is 7.29. The second-order valence-corrected chi connectivity index (χ2v) is 9.01. The molecule has 5 rings (SSSR count). The minimum Gasteiger partial charge on any atom is -0.0842 e. The Morgan fingerprint density at radius 1 is 0.778 bits per heavy atom. The van der Waals surface area contributed by atoms with Crippen molar-refractivity contribution < 1.29 is 0 Å². The van der Waals surface area contributed by atoms with Crippen LogP contribution in [0.2, 0.25) is 0 Å². The average molecular weight is 355 g/mol. The zero-order chi connectivity index (χ0) is 18.5. The van der Waals surface area contributed by atoms with Crippen LogP contribution in [0.25, 0.3) is 0 Å². The van der Waals surface area contributed by atoms with E-state index in [1.807, 2.05) is 0 Å². The van der Waals surface area contributed by atoms with Crippen molar-refractivity contribution >= 4 is 0 Å². The lowest BCUT2D eigenvalue weighted by Crippen LogP contribution is -2.29. The number of rotatable bonds is 1. The fourth-order valence-corrected chi connectivity index (χ4v) is 6.11. The zero-order valence-electron chi connectivity index (χ0n) is 16.8. The van der Waals surface area contributed by atoms with Gasteiger partial charge in [0.05, 0.1) is 0 Å². The van der Waals surface area contributed by atoms with Crippen molar-refractivity contribution in [3.8, 4) is 0 Å². The second-order valence-electron chi connectivity index (χ2n) is 9.01. The van der Waals surface area contributed by atoms with Crippen LogP contribution in [0.15, 0.2) is 93.7 Å². The molecule has 0 radical (unpaired) electrons. The molecule has 138 valence electrons. The minimum atomic E-state index is 0.530. The van der Waals surface area contributed by atoms with Crippen LogP contribution in [-0.4, -0.2) is 0 Å². The Bertz CT molecular complexity index is 919. The van der Waals surface area contributed by atoms with E-state index in [2.05, 4.69) is 75.5 Å². The number of fused-ring (bicyclic) bond motifs is 3. The molecule has 0 aromatic rings. The van der Waals surface area contributed by atoms with Crippen LogP contribution in [0.3, 0.4) is 0 Å². The van der Waals surface area contributed by atoms with E-state index in [1.54, 1.807) is 27.9 Å². The molecular weight excluding hydrogens is 324 g/mol. The molecule has 0 nitrogen and oxygen atoms in total. The van der Waals surface area contributed by atoms with Crippen LogP contribution >= 0.6 is 0 Å². The highest BCUT2D eigenvalue weighted by Crippen LogP contribution is 2.49. The van der Waals surface area contributed by atoms with Gasteiger partial charge in [0, 0.05) is 17.8 Å². The lowest BCUT2D eigenvalue weighted by atomic mass is 9.63. The highest BCUT2D eigenvalue weighted by Gasteiger charge is 2.37. The molecule has 5 aliphatic rings. The normalized spacial score (nSPS) is 34.6. The summed E-state index contributed by atoms with van der Waals surface area (Å²) in [4.78, 5) is 0. The summed E-state index contributed by atoms with van der Waals surface area (Å²) < 4.78 is 0. The molecule has 0 heterocycles. The molecule has 5 aliphatic carbocycles. The number of hydrogen-bond acceptors (Lipinski definition) is 0. The van der Waals surface area contributed by atoms with Gasteiger partial charge >= 0.3 is 0 Å². The standard InChI is InChI=1S/C27H30/c1-17-12-13-20-8-4-7-11-24(20)27(17)22-15-19(3)26-18(2)14-21-9-5-6-10-23(21)25(26)16-22/h4,6,8,10,12-16,24-27H,5,7,9,11H2,1-3H3. The first-order valence-corrected chi connectivity index (χ1v) is 10.7. The Balaban J connectivity index is 1.58. The van der Waals surface area contributed by atoms with Crippen molar-refractivity contribution in [3.63, 3.8) is 0 Å². The van der Waals surface area contributed by atoms with E-state index in [-0.39, 0.29) is 0 Å². The van der Waals surface area contributed by atoms with Crippen molar-refractivity contribution in [2.45, 2.75) is 46.5 Å². The van der Waals surface area contributed by atoms with Crippen LogP contribution in [0.1, 0.15) is 46.5 Å². The molecule has 27 heavy (non-hydrogen) atoms. The van der Waals surface area contributed by atoms with Crippen LogP contribution in [-0.2, 0) is 0 Å². The van der Waals surface area contributed by atoms with E-state index in [0.717, 1.165) is 0 Å². The molecule has 0 aromatic carbocycles. The fraction of sp³-hybridized carbons (Fsp3) is 0.407. The highest BCUT2D eigenvalue weighted by atomic mass is 14.4. The first-order chi connectivity index (χ1) is 13.1. The maximum atomic E-state index is 2.64. The van der Waals surface area contributed by atoms with Gasteiger partial charge in [-0.1, -0.05) is 71.4 Å². The predicted molar refractivity (Wildman–Crippen MR) is 115 cm³/mol. The van der Waals surface area contributed by atoms with E-state index < -0.39 is 0 Å². The third-order valence-electron chi connectivity index (χ3n) is 7.29. The molecule has 0 spiro atoms. The van der Waals surface area contributed by atoms with Gasteiger partial charge in [0.25, 0.3) is 0 Å². The Labute approximate surface area is 164 Å². The SMILES string of the molecule is CC1=CC(C2C(C)=CC=C3C=CCCC32)=CC2C3=C(C=C(C)C12)CCC=C3. The summed E-state index contributed by atoms with van der Waals surface area (Å²) in [5, 5.41) is 0. The van der Waals surface area contributed by atoms with E-state index in [0.29, 0.717) is 23.7 Å². The monoisotopic (exact) mass is 354 g/mol. The van der Waals surface area contributed by atoms with Crippen molar-refractivity contribution in [1.29, 1.82) is 0 Å². The molecule has 0 aliphatic heterocycles. The van der Waals surface area contributed by atoms with Crippen molar-refractivity contribution in [1.82, 2.24) is 0 Å². The summed E-state index contributed by atoms with van der Waals surface area (Å²) in [5.41, 5.74) is 10.9. The summed E-state index contributed by atoms with van der Waals surface area (Å²) in [7, 11) is 0. The summed E-state index contributed by atoms with van der Waals surface area (Å²) in [5.74, 6) is 2.29. The predicted octanol–water partition coefficient (Wildman–Crippen LogP) is 7.18. The summed E-state index contributed by atoms with van der Waals surface area (Å²) in [6.45, 7) is 7.04. The van der Waals surface area contributed by atoms with Crippen LogP contribution in [0, 0.1) is 23.7 Å². The molecule has 4 unspecified atom stereocenters. The van der Waals surface area contributed by atoms with Gasteiger partial charge in [-0.2, -0.15) is 0 Å². The van der Waals surface area contributed by atoms with E-state index in [4.69, 9.17) is 0 Å².